The quantitative estimate of drug-likeness (QED) is 0.726. The second-order valence-electron chi connectivity index (χ2n) is 3.97. The summed E-state index contributed by atoms with van der Waals surface area (Å²) >= 11 is 0. The average Bonchev–Trinajstić information content (AvgIpc) is 2.25. The van der Waals surface area contributed by atoms with Gasteiger partial charge in [-0.3, -0.25) is 0 Å². The monoisotopic (exact) mass is 242 g/mol. The van der Waals surface area contributed by atoms with E-state index in [9.17, 15) is 9.59 Å². The lowest BCUT2D eigenvalue weighted by molar-refractivity contribution is -0.133. The van der Waals surface area contributed by atoms with Gasteiger partial charge in [-0.2, -0.15) is 0 Å². The van der Waals surface area contributed by atoms with Crippen molar-refractivity contribution in [2.45, 2.75) is 40.5 Å². The molecule has 0 saturated carbocycles. The van der Waals surface area contributed by atoms with Crippen molar-refractivity contribution in [2.75, 3.05) is 0 Å². The largest absolute Gasteiger partial charge is 0.478 e. The summed E-state index contributed by atoms with van der Waals surface area (Å²) in [6.07, 6.45) is 3.60. The highest BCUT2D eigenvalue weighted by Gasteiger charge is 2.06. The number of aliphatic carboxylic acids is 2. The standard InChI is InChI=1S/C7H12O2.C6H10O2/c1-3-4-5-6(2)7(8)9;1-4(2)5(3)6(7)8/h5H,3-4H2,1-2H3,(H,8,9);4H,3H2,1-2H3,(H,7,8)/b6-5+;. The molecule has 2 N–H and O–H groups in total. The third kappa shape index (κ3) is 10.7. The molecule has 0 aliphatic rings. The minimum absolute atomic E-state index is 0.0486. The number of carboxylic acids is 2. The van der Waals surface area contributed by atoms with Gasteiger partial charge in [-0.1, -0.05) is 39.8 Å². The van der Waals surface area contributed by atoms with E-state index in [2.05, 4.69) is 6.58 Å². The van der Waals surface area contributed by atoms with Gasteiger partial charge >= 0.3 is 11.9 Å². The van der Waals surface area contributed by atoms with Gasteiger partial charge < -0.3 is 10.2 Å². The Hall–Kier alpha value is -1.58. The van der Waals surface area contributed by atoms with Crippen molar-refractivity contribution in [3.63, 3.8) is 0 Å². The molecule has 0 rings (SSSR count). The summed E-state index contributed by atoms with van der Waals surface area (Å²) < 4.78 is 0. The minimum Gasteiger partial charge on any atom is -0.478 e. The van der Waals surface area contributed by atoms with Gasteiger partial charge in [0, 0.05) is 11.1 Å². The van der Waals surface area contributed by atoms with Crippen LogP contribution in [0.1, 0.15) is 40.5 Å². The molecule has 0 aromatic carbocycles. The van der Waals surface area contributed by atoms with Crippen molar-refractivity contribution in [1.82, 2.24) is 0 Å². The molecule has 0 atom stereocenters. The van der Waals surface area contributed by atoms with Crippen LogP contribution in [-0.4, -0.2) is 22.2 Å². The Morgan fingerprint density at radius 3 is 1.88 bits per heavy atom. The highest BCUT2D eigenvalue weighted by Crippen LogP contribution is 2.04. The smallest absolute Gasteiger partial charge is 0.331 e. The number of unbranched alkanes of at least 4 members (excludes halogenated alkanes) is 1. The molecule has 0 amide bonds. The van der Waals surface area contributed by atoms with Crippen LogP contribution in [0, 0.1) is 5.92 Å². The minimum atomic E-state index is -0.903. The van der Waals surface area contributed by atoms with Crippen LogP contribution in [0.4, 0.5) is 0 Å². The second kappa shape index (κ2) is 9.63. The van der Waals surface area contributed by atoms with Crippen molar-refractivity contribution in [1.29, 1.82) is 0 Å². The lowest BCUT2D eigenvalue weighted by Gasteiger charge is -2.00. The van der Waals surface area contributed by atoms with Crippen molar-refractivity contribution < 1.29 is 19.8 Å². The van der Waals surface area contributed by atoms with Crippen LogP contribution in [0.5, 0.6) is 0 Å². The van der Waals surface area contributed by atoms with E-state index < -0.39 is 11.9 Å². The first-order valence-corrected chi connectivity index (χ1v) is 5.56. The van der Waals surface area contributed by atoms with E-state index in [4.69, 9.17) is 10.2 Å². The first kappa shape index (κ1) is 17.8. The van der Waals surface area contributed by atoms with Gasteiger partial charge in [0.2, 0.25) is 0 Å². The fourth-order valence-corrected chi connectivity index (χ4v) is 0.695. The van der Waals surface area contributed by atoms with E-state index in [-0.39, 0.29) is 11.5 Å². The predicted octanol–water partition coefficient (Wildman–Crippen LogP) is 3.10. The maximum absolute atomic E-state index is 10.1. The fraction of sp³-hybridized carbons (Fsp3) is 0.538. The van der Waals surface area contributed by atoms with E-state index >= 15 is 0 Å². The Bertz CT molecular complexity index is 301. The molecule has 0 spiro atoms. The lowest BCUT2D eigenvalue weighted by Crippen LogP contribution is -2.04. The van der Waals surface area contributed by atoms with Crippen LogP contribution < -0.4 is 0 Å². The second-order valence-corrected chi connectivity index (χ2v) is 3.97. The maximum atomic E-state index is 10.1. The molecule has 0 aromatic heterocycles. The third-order valence-electron chi connectivity index (χ3n) is 2.05. The molecule has 0 aliphatic carbocycles. The van der Waals surface area contributed by atoms with Crippen LogP contribution >= 0.6 is 0 Å². The summed E-state index contributed by atoms with van der Waals surface area (Å²) in [5, 5.41) is 16.6. The van der Waals surface area contributed by atoms with Crippen molar-refractivity contribution in [3.05, 3.63) is 23.8 Å². The number of allylic oxidation sites excluding steroid dienone is 1. The summed E-state index contributed by atoms with van der Waals surface area (Å²) in [5.41, 5.74) is 0.710. The molecule has 0 saturated heterocycles. The number of carbonyl (C=O) groups is 2. The molecule has 4 nitrogen and oxygen atoms in total. The number of rotatable bonds is 5. The SMILES string of the molecule is C=C(C(=O)O)C(C)C.CCC/C=C(\C)C(=O)O. The molecule has 0 unspecified atom stereocenters. The third-order valence-corrected chi connectivity index (χ3v) is 2.05. The van der Waals surface area contributed by atoms with Crippen molar-refractivity contribution >= 4 is 11.9 Å². The van der Waals surface area contributed by atoms with E-state index in [0.717, 1.165) is 12.8 Å². The van der Waals surface area contributed by atoms with E-state index in [0.29, 0.717) is 5.57 Å². The van der Waals surface area contributed by atoms with Gasteiger partial charge in [-0.05, 0) is 19.3 Å². The maximum Gasteiger partial charge on any atom is 0.331 e. The molecule has 0 fully saturated rings. The fourth-order valence-electron chi connectivity index (χ4n) is 0.695. The summed E-state index contributed by atoms with van der Waals surface area (Å²) in [6.45, 7) is 10.6. The van der Waals surface area contributed by atoms with Gasteiger partial charge in [0.1, 0.15) is 0 Å². The molecule has 0 radical (unpaired) electrons. The molecule has 17 heavy (non-hydrogen) atoms. The highest BCUT2D eigenvalue weighted by molar-refractivity contribution is 5.86. The van der Waals surface area contributed by atoms with Gasteiger partial charge in [-0.15, -0.1) is 0 Å². The van der Waals surface area contributed by atoms with E-state index in [1.807, 2.05) is 6.92 Å². The molecule has 4 heteroatoms. The first-order valence-electron chi connectivity index (χ1n) is 5.56. The predicted molar refractivity (Wildman–Crippen MR) is 67.9 cm³/mol. The lowest BCUT2D eigenvalue weighted by atomic mass is 10.1. The Kier molecular flexibility index (Phi) is 10.1. The zero-order chi connectivity index (χ0) is 14.0. The Labute approximate surface area is 103 Å². The summed E-state index contributed by atoms with van der Waals surface area (Å²) in [6, 6.07) is 0. The van der Waals surface area contributed by atoms with Gasteiger partial charge in [0.05, 0.1) is 0 Å². The Morgan fingerprint density at radius 2 is 1.71 bits per heavy atom. The molecule has 0 heterocycles. The van der Waals surface area contributed by atoms with Crippen LogP contribution in [0.2, 0.25) is 0 Å². The molecule has 0 aromatic rings. The Morgan fingerprint density at radius 1 is 1.24 bits per heavy atom. The molecule has 98 valence electrons. The van der Waals surface area contributed by atoms with Gasteiger partial charge in [-0.25, -0.2) is 9.59 Å². The number of hydrogen-bond acceptors (Lipinski definition) is 2. The van der Waals surface area contributed by atoms with E-state index in [1.54, 1.807) is 26.8 Å². The zero-order valence-corrected chi connectivity index (χ0v) is 11.0. The molecular weight excluding hydrogens is 220 g/mol. The first-order chi connectivity index (χ1) is 7.73. The average molecular weight is 242 g/mol. The summed E-state index contributed by atoms with van der Waals surface area (Å²) in [5.74, 6) is -1.67. The molecule has 0 bridgehead atoms. The number of hydrogen-bond donors (Lipinski definition) is 2. The van der Waals surface area contributed by atoms with Crippen LogP contribution in [0.3, 0.4) is 0 Å². The number of carboxylic acid groups (broad SMARTS) is 2. The van der Waals surface area contributed by atoms with E-state index in [1.165, 1.54) is 0 Å². The zero-order valence-electron chi connectivity index (χ0n) is 11.0. The molecular formula is C13H22O4. The summed E-state index contributed by atoms with van der Waals surface area (Å²) in [7, 11) is 0. The van der Waals surface area contributed by atoms with Crippen molar-refractivity contribution in [2.24, 2.45) is 5.92 Å². The Balaban J connectivity index is 0. The van der Waals surface area contributed by atoms with Gasteiger partial charge in [0.25, 0.3) is 0 Å². The van der Waals surface area contributed by atoms with Crippen LogP contribution in [-0.2, 0) is 9.59 Å². The topological polar surface area (TPSA) is 74.6 Å². The normalized spacial score (nSPS) is 10.5. The molecule has 0 aliphatic heterocycles. The highest BCUT2D eigenvalue weighted by atomic mass is 16.4. The van der Waals surface area contributed by atoms with Crippen molar-refractivity contribution in [3.8, 4) is 0 Å². The van der Waals surface area contributed by atoms with Gasteiger partial charge in [0.15, 0.2) is 0 Å². The summed E-state index contributed by atoms with van der Waals surface area (Å²) in [4.78, 5) is 20.2. The van der Waals surface area contributed by atoms with Crippen LogP contribution in [0.15, 0.2) is 23.8 Å². The van der Waals surface area contributed by atoms with Crippen LogP contribution in [0.25, 0.3) is 0 Å².